The molecule has 0 spiro atoms. The molecule has 2 atom stereocenters. The number of hydrogen-bond acceptors (Lipinski definition) is 19. The maximum Gasteiger partial charge on any atom is 0.511 e. The van der Waals surface area contributed by atoms with Gasteiger partial charge in [0.25, 0.3) is 10.2 Å². The highest BCUT2D eigenvalue weighted by Crippen LogP contribution is 2.31. The molecule has 318 valence electrons. The molecule has 23 heteroatoms. The molecule has 2 aromatic heterocycles. The van der Waals surface area contributed by atoms with Crippen LogP contribution >= 0.6 is 0 Å². The van der Waals surface area contributed by atoms with Crippen LogP contribution in [0.3, 0.4) is 0 Å². The Bertz CT molecular complexity index is 2060. The molecule has 0 saturated heterocycles. The summed E-state index contributed by atoms with van der Waals surface area (Å²) in [5.74, 6) is -0.164. The smallest absolute Gasteiger partial charge is 0.434 e. The number of tetrazole rings is 1. The third-order valence-electron chi connectivity index (χ3n) is 8.03. The van der Waals surface area contributed by atoms with E-state index in [4.69, 9.17) is 23.7 Å². The standard InChI is InChI=1S/C36H44N8O15/c1-6-11-29-37-31(36(4,5)48)30(33(45)58-24(3)59-35(47)54-19-10-21-56-44(51)52)41(29)22-25-14-16-26(17-15-25)27-12-7-8-13-28(27)32-38-40-42(39-32)23(2)57-34(46)53-18-9-20-55-43(49)50/h7-8,12-17,23-24,48H,6,9-11,18-22H2,1-5H3. The fourth-order valence-corrected chi connectivity index (χ4v) is 5.43. The van der Waals surface area contributed by atoms with Crippen LogP contribution in [0.4, 0.5) is 9.59 Å². The lowest BCUT2D eigenvalue weighted by molar-refractivity contribution is -0.757. The van der Waals surface area contributed by atoms with E-state index in [1.54, 1.807) is 16.7 Å². The van der Waals surface area contributed by atoms with Crippen molar-refractivity contribution >= 4 is 18.3 Å². The SMILES string of the molecule is CCCc1nc(C(C)(C)O)c(C(=O)OC(C)OC(=O)OCCCO[N+](=O)[O-])n1Cc1ccc(-c2ccccc2-c2nnn(C(C)OC(=O)OCCCO[N+](=O)[O-])n2)cc1. The summed E-state index contributed by atoms with van der Waals surface area (Å²) < 4.78 is 27.1. The Balaban J connectivity index is 1.49. The fourth-order valence-electron chi connectivity index (χ4n) is 5.43. The highest BCUT2D eigenvalue weighted by atomic mass is 17.0. The van der Waals surface area contributed by atoms with Crippen molar-refractivity contribution in [3.8, 4) is 22.5 Å². The van der Waals surface area contributed by atoms with Gasteiger partial charge >= 0.3 is 18.3 Å². The van der Waals surface area contributed by atoms with Crippen LogP contribution in [0.1, 0.15) is 87.7 Å². The largest absolute Gasteiger partial charge is 0.511 e. The summed E-state index contributed by atoms with van der Waals surface area (Å²) in [7, 11) is 0. The monoisotopic (exact) mass is 828 g/mol. The van der Waals surface area contributed by atoms with Crippen molar-refractivity contribution in [2.75, 3.05) is 26.4 Å². The molecule has 4 aromatic rings. The minimum Gasteiger partial charge on any atom is -0.434 e. The molecule has 0 bridgehead atoms. The molecule has 2 heterocycles. The summed E-state index contributed by atoms with van der Waals surface area (Å²) in [6.07, 6.45) is -3.38. The van der Waals surface area contributed by atoms with E-state index in [0.29, 0.717) is 24.2 Å². The Hall–Kier alpha value is -6.91. The third kappa shape index (κ3) is 13.3. The Labute approximate surface area is 336 Å². The number of aromatic nitrogens is 6. The van der Waals surface area contributed by atoms with Gasteiger partial charge in [0, 0.05) is 38.3 Å². The molecule has 59 heavy (non-hydrogen) atoms. The molecule has 0 radical (unpaired) electrons. The predicted molar refractivity (Wildman–Crippen MR) is 199 cm³/mol. The lowest BCUT2D eigenvalue weighted by atomic mass is 9.98. The third-order valence-corrected chi connectivity index (χ3v) is 8.03. The number of ether oxygens (including phenoxy) is 5. The fraction of sp³-hybridized carbons (Fsp3) is 0.472. The maximum atomic E-state index is 13.7. The molecule has 2 unspecified atom stereocenters. The first-order chi connectivity index (χ1) is 28.1. The number of nitrogens with zero attached hydrogens (tertiary/aromatic N) is 8. The topological polar surface area (TPSA) is 284 Å². The van der Waals surface area contributed by atoms with E-state index < -0.39 is 46.6 Å². The van der Waals surface area contributed by atoms with E-state index in [9.17, 15) is 39.7 Å². The Kier molecular flexibility index (Phi) is 16.0. The van der Waals surface area contributed by atoms with Gasteiger partial charge < -0.3 is 43.0 Å². The second-order valence-corrected chi connectivity index (χ2v) is 13.1. The van der Waals surface area contributed by atoms with Crippen molar-refractivity contribution in [3.63, 3.8) is 0 Å². The van der Waals surface area contributed by atoms with Crippen LogP contribution in [-0.2, 0) is 51.9 Å². The van der Waals surface area contributed by atoms with Gasteiger partial charge in [-0.3, -0.25) is 0 Å². The van der Waals surface area contributed by atoms with Crippen LogP contribution in [0, 0.1) is 20.2 Å². The van der Waals surface area contributed by atoms with Gasteiger partial charge in [-0.15, -0.1) is 35.2 Å². The van der Waals surface area contributed by atoms with Crippen molar-refractivity contribution in [3.05, 3.63) is 91.5 Å². The number of carbonyl (C=O) groups is 3. The van der Waals surface area contributed by atoms with Crippen LogP contribution in [0.5, 0.6) is 0 Å². The lowest BCUT2D eigenvalue weighted by Gasteiger charge is -2.19. The number of rotatable bonds is 22. The van der Waals surface area contributed by atoms with E-state index >= 15 is 0 Å². The number of hydrogen-bond donors (Lipinski definition) is 1. The van der Waals surface area contributed by atoms with Gasteiger partial charge in [0.1, 0.15) is 17.1 Å². The molecule has 0 amide bonds. The van der Waals surface area contributed by atoms with E-state index in [1.165, 1.54) is 27.7 Å². The minimum absolute atomic E-state index is 0.0282. The molecule has 0 saturated carbocycles. The molecule has 0 fully saturated rings. The summed E-state index contributed by atoms with van der Waals surface area (Å²) in [5, 5.41) is 42.2. The molecule has 0 aliphatic heterocycles. The van der Waals surface area contributed by atoms with Crippen LogP contribution < -0.4 is 0 Å². The molecule has 2 aromatic carbocycles. The molecular weight excluding hydrogens is 784 g/mol. The Morgan fingerprint density at radius 2 is 1.44 bits per heavy atom. The highest BCUT2D eigenvalue weighted by Gasteiger charge is 2.34. The van der Waals surface area contributed by atoms with Crippen molar-refractivity contribution in [1.29, 1.82) is 0 Å². The normalized spacial score (nSPS) is 12.2. The first kappa shape index (κ1) is 44.8. The number of aryl methyl sites for hydroxylation is 1. The second-order valence-electron chi connectivity index (χ2n) is 13.1. The van der Waals surface area contributed by atoms with Gasteiger partial charge in [0.2, 0.25) is 18.3 Å². The summed E-state index contributed by atoms with van der Waals surface area (Å²) >= 11 is 0. The highest BCUT2D eigenvalue weighted by molar-refractivity contribution is 5.89. The van der Waals surface area contributed by atoms with Crippen LogP contribution in [0.15, 0.2) is 48.5 Å². The van der Waals surface area contributed by atoms with Gasteiger partial charge in [0.15, 0.2) is 5.69 Å². The van der Waals surface area contributed by atoms with Gasteiger partial charge in [-0.05, 0) is 49.1 Å². The van der Waals surface area contributed by atoms with E-state index in [0.717, 1.165) is 21.5 Å². The molecule has 1 N–H and O–H groups in total. The zero-order valence-corrected chi connectivity index (χ0v) is 32.9. The zero-order chi connectivity index (χ0) is 43.1. The van der Waals surface area contributed by atoms with Crippen molar-refractivity contribution in [2.24, 2.45) is 0 Å². The predicted octanol–water partition coefficient (Wildman–Crippen LogP) is 4.96. The lowest BCUT2D eigenvalue weighted by Crippen LogP contribution is -2.27. The van der Waals surface area contributed by atoms with Gasteiger partial charge in [-0.25, -0.2) is 19.4 Å². The average molecular weight is 829 g/mol. The Morgan fingerprint density at radius 3 is 2.02 bits per heavy atom. The molecule has 0 aliphatic rings. The molecule has 0 aliphatic carbocycles. The minimum atomic E-state index is -1.56. The summed E-state index contributed by atoms with van der Waals surface area (Å²) in [6.45, 7) is 6.93. The molecule has 23 nitrogen and oxygen atoms in total. The quantitative estimate of drug-likeness (QED) is 0.0273. The van der Waals surface area contributed by atoms with Crippen LogP contribution in [-0.4, -0.2) is 96.0 Å². The van der Waals surface area contributed by atoms with Crippen molar-refractivity contribution in [1.82, 2.24) is 29.8 Å². The van der Waals surface area contributed by atoms with Crippen molar-refractivity contribution < 1.29 is 63.0 Å². The van der Waals surface area contributed by atoms with Gasteiger partial charge in [-0.1, -0.05) is 55.5 Å². The summed E-state index contributed by atoms with van der Waals surface area (Å²) in [6, 6.07) is 14.8. The Morgan fingerprint density at radius 1 is 0.847 bits per heavy atom. The summed E-state index contributed by atoms with van der Waals surface area (Å²) in [5.41, 5.74) is 1.38. The maximum absolute atomic E-state index is 13.7. The van der Waals surface area contributed by atoms with Crippen LogP contribution in [0.2, 0.25) is 0 Å². The molecule has 4 rings (SSSR count). The first-order valence-electron chi connectivity index (χ1n) is 18.3. The number of imidazole rings is 1. The second kappa shape index (κ2) is 21.0. The number of benzene rings is 2. The summed E-state index contributed by atoms with van der Waals surface area (Å²) in [4.78, 5) is 72.5. The number of carbonyl (C=O) groups excluding carboxylic acids is 3. The first-order valence-corrected chi connectivity index (χ1v) is 18.3. The zero-order valence-electron chi connectivity index (χ0n) is 32.9. The van der Waals surface area contributed by atoms with Gasteiger partial charge in [-0.2, -0.15) is 0 Å². The van der Waals surface area contributed by atoms with E-state index in [1.807, 2.05) is 43.3 Å². The van der Waals surface area contributed by atoms with Crippen molar-refractivity contribution in [2.45, 2.75) is 85.0 Å². The van der Waals surface area contributed by atoms with E-state index in [2.05, 4.69) is 30.1 Å². The van der Waals surface area contributed by atoms with Crippen LogP contribution in [0.25, 0.3) is 22.5 Å². The van der Waals surface area contributed by atoms with E-state index in [-0.39, 0.29) is 63.0 Å². The van der Waals surface area contributed by atoms with Gasteiger partial charge in [0.05, 0.1) is 26.4 Å². The average Bonchev–Trinajstić information content (AvgIpc) is 3.81. The number of esters is 1. The number of aliphatic hydroxyl groups is 1. The molecular formula is C36H44N8O15.